The van der Waals surface area contributed by atoms with Crippen molar-refractivity contribution in [3.8, 4) is 5.75 Å². The normalized spacial score (nSPS) is 13.9. The minimum atomic E-state index is -0.521. The third kappa shape index (κ3) is 4.07. The molecule has 1 aromatic rings. The Labute approximate surface area is 102 Å². The van der Waals surface area contributed by atoms with Gasteiger partial charge in [0.05, 0.1) is 6.10 Å². The lowest BCUT2D eigenvalue weighted by Crippen LogP contribution is -2.36. The first-order valence-corrected chi connectivity index (χ1v) is 5.77. The van der Waals surface area contributed by atoms with Gasteiger partial charge in [0.1, 0.15) is 5.75 Å². The monoisotopic (exact) mass is 237 g/mol. The standard InChI is InChI=1S/C13H19NO3/c1-4-14-13(16)10(3)17-12-7-5-11(6-8-12)9(2)15/h5-10,15H,4H2,1-3H3,(H,14,16). The number of hydrogen-bond donors (Lipinski definition) is 2. The van der Waals surface area contributed by atoms with Crippen LogP contribution in [-0.4, -0.2) is 23.7 Å². The number of nitrogens with one attached hydrogen (secondary N) is 1. The highest BCUT2D eigenvalue weighted by Gasteiger charge is 2.13. The van der Waals surface area contributed by atoms with Crippen LogP contribution in [0.15, 0.2) is 24.3 Å². The topological polar surface area (TPSA) is 58.6 Å². The SMILES string of the molecule is CCNC(=O)C(C)Oc1ccc(C(C)O)cc1. The van der Waals surface area contributed by atoms with Crippen molar-refractivity contribution in [1.29, 1.82) is 0 Å². The van der Waals surface area contributed by atoms with E-state index in [-0.39, 0.29) is 5.91 Å². The quantitative estimate of drug-likeness (QED) is 0.818. The van der Waals surface area contributed by atoms with Gasteiger partial charge in [0.15, 0.2) is 6.10 Å². The van der Waals surface area contributed by atoms with E-state index < -0.39 is 12.2 Å². The van der Waals surface area contributed by atoms with Gasteiger partial charge < -0.3 is 15.2 Å². The van der Waals surface area contributed by atoms with Crippen LogP contribution >= 0.6 is 0 Å². The summed E-state index contributed by atoms with van der Waals surface area (Å²) in [7, 11) is 0. The summed E-state index contributed by atoms with van der Waals surface area (Å²) in [4.78, 5) is 11.4. The van der Waals surface area contributed by atoms with Gasteiger partial charge in [-0.2, -0.15) is 0 Å². The van der Waals surface area contributed by atoms with Crippen LogP contribution in [0.4, 0.5) is 0 Å². The van der Waals surface area contributed by atoms with Crippen LogP contribution in [0, 0.1) is 0 Å². The molecule has 4 nitrogen and oxygen atoms in total. The Balaban J connectivity index is 2.60. The highest BCUT2D eigenvalue weighted by molar-refractivity contribution is 5.80. The molecule has 94 valence electrons. The molecule has 0 aliphatic rings. The molecule has 0 aliphatic carbocycles. The molecule has 1 rings (SSSR count). The minimum absolute atomic E-state index is 0.132. The molecule has 0 saturated heterocycles. The van der Waals surface area contributed by atoms with E-state index in [1.54, 1.807) is 38.1 Å². The van der Waals surface area contributed by atoms with Crippen molar-refractivity contribution >= 4 is 5.91 Å². The maximum Gasteiger partial charge on any atom is 0.260 e. The molecule has 2 N–H and O–H groups in total. The van der Waals surface area contributed by atoms with Crippen LogP contribution in [0.1, 0.15) is 32.4 Å². The molecule has 0 aromatic heterocycles. The summed E-state index contributed by atoms with van der Waals surface area (Å²) in [5.41, 5.74) is 0.822. The Morgan fingerprint density at radius 3 is 2.41 bits per heavy atom. The van der Waals surface area contributed by atoms with E-state index in [9.17, 15) is 9.90 Å². The molecule has 0 aliphatic heterocycles. The van der Waals surface area contributed by atoms with E-state index in [0.717, 1.165) is 5.56 Å². The van der Waals surface area contributed by atoms with E-state index in [4.69, 9.17) is 4.74 Å². The number of carbonyl (C=O) groups excluding carboxylic acids is 1. The first-order chi connectivity index (χ1) is 8.04. The summed E-state index contributed by atoms with van der Waals surface area (Å²) in [6.45, 7) is 5.86. The van der Waals surface area contributed by atoms with Gasteiger partial charge in [-0.1, -0.05) is 12.1 Å². The zero-order valence-corrected chi connectivity index (χ0v) is 10.4. The average molecular weight is 237 g/mol. The van der Waals surface area contributed by atoms with Gasteiger partial charge in [0.25, 0.3) is 5.91 Å². The molecule has 0 fully saturated rings. The second-order valence-corrected chi connectivity index (χ2v) is 3.90. The van der Waals surface area contributed by atoms with E-state index in [2.05, 4.69) is 5.32 Å². The molecule has 0 bridgehead atoms. The van der Waals surface area contributed by atoms with Crippen molar-refractivity contribution in [2.45, 2.75) is 33.0 Å². The van der Waals surface area contributed by atoms with Crippen molar-refractivity contribution in [2.75, 3.05) is 6.54 Å². The molecule has 1 amide bonds. The molecule has 0 saturated carbocycles. The Morgan fingerprint density at radius 1 is 1.35 bits per heavy atom. The lowest BCUT2D eigenvalue weighted by atomic mass is 10.1. The molecule has 0 radical (unpaired) electrons. The zero-order chi connectivity index (χ0) is 12.8. The summed E-state index contributed by atoms with van der Waals surface area (Å²) in [6, 6.07) is 7.06. The third-order valence-corrected chi connectivity index (χ3v) is 2.40. The lowest BCUT2D eigenvalue weighted by Gasteiger charge is -2.14. The predicted molar refractivity (Wildman–Crippen MR) is 65.8 cm³/mol. The molecular formula is C13H19NO3. The number of likely N-dealkylation sites (N-methyl/N-ethyl adjacent to an activating group) is 1. The van der Waals surface area contributed by atoms with E-state index in [1.807, 2.05) is 6.92 Å². The van der Waals surface area contributed by atoms with Crippen molar-refractivity contribution < 1.29 is 14.6 Å². The number of amides is 1. The molecule has 4 heteroatoms. The molecular weight excluding hydrogens is 218 g/mol. The fourth-order valence-electron chi connectivity index (χ4n) is 1.40. The number of aliphatic hydroxyl groups is 1. The largest absolute Gasteiger partial charge is 0.481 e. The van der Waals surface area contributed by atoms with E-state index in [0.29, 0.717) is 12.3 Å². The average Bonchev–Trinajstić information content (AvgIpc) is 2.30. The maximum atomic E-state index is 11.4. The minimum Gasteiger partial charge on any atom is -0.481 e. The highest BCUT2D eigenvalue weighted by Crippen LogP contribution is 2.18. The van der Waals surface area contributed by atoms with Gasteiger partial charge in [-0.25, -0.2) is 0 Å². The van der Waals surface area contributed by atoms with Gasteiger partial charge in [0.2, 0.25) is 0 Å². The molecule has 0 spiro atoms. The molecule has 2 atom stereocenters. The van der Waals surface area contributed by atoms with Gasteiger partial charge in [-0.15, -0.1) is 0 Å². The van der Waals surface area contributed by atoms with Crippen LogP contribution in [0.2, 0.25) is 0 Å². The van der Waals surface area contributed by atoms with Crippen LogP contribution in [0.25, 0.3) is 0 Å². The number of aliphatic hydroxyl groups excluding tert-OH is 1. The summed E-state index contributed by atoms with van der Waals surface area (Å²) in [5.74, 6) is 0.486. The molecule has 2 unspecified atom stereocenters. The zero-order valence-electron chi connectivity index (χ0n) is 10.4. The predicted octanol–water partition coefficient (Wildman–Crippen LogP) is 1.64. The van der Waals surface area contributed by atoms with Crippen LogP contribution in [0.3, 0.4) is 0 Å². The van der Waals surface area contributed by atoms with Gasteiger partial charge in [-0.3, -0.25) is 4.79 Å². The Bertz CT molecular complexity index is 359. The first kappa shape index (κ1) is 13.5. The number of benzene rings is 1. The Kier molecular flexibility index (Phi) is 4.97. The molecule has 1 aromatic carbocycles. The van der Waals surface area contributed by atoms with Crippen LogP contribution in [0.5, 0.6) is 5.75 Å². The third-order valence-electron chi connectivity index (χ3n) is 2.40. The van der Waals surface area contributed by atoms with Crippen LogP contribution in [-0.2, 0) is 4.79 Å². The summed E-state index contributed by atoms with van der Waals surface area (Å²) in [5, 5.41) is 12.0. The van der Waals surface area contributed by atoms with Gasteiger partial charge in [0, 0.05) is 6.54 Å². The van der Waals surface area contributed by atoms with E-state index >= 15 is 0 Å². The smallest absolute Gasteiger partial charge is 0.260 e. The summed E-state index contributed by atoms with van der Waals surface area (Å²) < 4.78 is 5.47. The first-order valence-electron chi connectivity index (χ1n) is 5.77. The maximum absolute atomic E-state index is 11.4. The van der Waals surface area contributed by atoms with Crippen molar-refractivity contribution in [2.24, 2.45) is 0 Å². The Hall–Kier alpha value is -1.55. The van der Waals surface area contributed by atoms with Crippen molar-refractivity contribution in [3.63, 3.8) is 0 Å². The second kappa shape index (κ2) is 6.25. The van der Waals surface area contributed by atoms with Crippen molar-refractivity contribution in [3.05, 3.63) is 29.8 Å². The van der Waals surface area contributed by atoms with Gasteiger partial charge in [-0.05, 0) is 38.5 Å². The number of carbonyl (C=O) groups is 1. The molecule has 0 heterocycles. The lowest BCUT2D eigenvalue weighted by molar-refractivity contribution is -0.127. The number of rotatable bonds is 5. The summed E-state index contributed by atoms with van der Waals surface area (Å²) >= 11 is 0. The number of hydrogen-bond acceptors (Lipinski definition) is 3. The second-order valence-electron chi connectivity index (χ2n) is 3.90. The highest BCUT2D eigenvalue weighted by atomic mass is 16.5. The number of ether oxygens (including phenoxy) is 1. The fraction of sp³-hybridized carbons (Fsp3) is 0.462. The molecule has 17 heavy (non-hydrogen) atoms. The van der Waals surface area contributed by atoms with Crippen LogP contribution < -0.4 is 10.1 Å². The summed E-state index contributed by atoms with van der Waals surface area (Å²) in [6.07, 6.45) is -1.02. The van der Waals surface area contributed by atoms with Gasteiger partial charge >= 0.3 is 0 Å². The van der Waals surface area contributed by atoms with E-state index in [1.165, 1.54) is 0 Å². The Morgan fingerprint density at radius 2 is 1.94 bits per heavy atom. The van der Waals surface area contributed by atoms with Crippen molar-refractivity contribution in [1.82, 2.24) is 5.32 Å². The fourth-order valence-corrected chi connectivity index (χ4v) is 1.40.